The van der Waals surface area contributed by atoms with Crippen LogP contribution in [0, 0.1) is 0 Å². The summed E-state index contributed by atoms with van der Waals surface area (Å²) < 4.78 is 1.15. The summed E-state index contributed by atoms with van der Waals surface area (Å²) in [7, 11) is 0. The smallest absolute Gasteiger partial charge is 0.312 e. The number of nitrogens with zero attached hydrogens (tertiary/aromatic N) is 4. The van der Waals surface area contributed by atoms with Gasteiger partial charge in [0.1, 0.15) is 11.7 Å². The van der Waals surface area contributed by atoms with Gasteiger partial charge in [-0.05, 0) is 30.3 Å². The number of nitrogens with one attached hydrogen (secondary N) is 3. The van der Waals surface area contributed by atoms with Crippen molar-refractivity contribution in [3.05, 3.63) is 53.3 Å². The van der Waals surface area contributed by atoms with Crippen LogP contribution in [0.4, 0.5) is 10.5 Å². The second-order valence-corrected chi connectivity index (χ2v) is 7.47. The monoisotopic (exact) mass is 441 g/mol. The molecule has 2 aromatic heterocycles. The average Bonchev–Trinajstić information content (AvgIpc) is 3.43. The topological polar surface area (TPSA) is 125 Å². The molecule has 1 fully saturated rings. The van der Waals surface area contributed by atoms with Crippen LogP contribution >= 0.6 is 11.6 Å². The summed E-state index contributed by atoms with van der Waals surface area (Å²) >= 11 is 5.98. The van der Waals surface area contributed by atoms with Crippen molar-refractivity contribution in [2.45, 2.75) is 13.0 Å². The number of hydrogen-bond donors (Lipinski definition) is 3. The van der Waals surface area contributed by atoms with E-state index in [1.807, 2.05) is 0 Å². The molecule has 3 aromatic rings. The second-order valence-electron chi connectivity index (χ2n) is 7.03. The van der Waals surface area contributed by atoms with Gasteiger partial charge in [-0.25, -0.2) is 4.79 Å². The molecule has 11 heteroatoms. The summed E-state index contributed by atoms with van der Waals surface area (Å²) in [5.74, 6) is -0.713. The third-order valence-electron chi connectivity index (χ3n) is 4.92. The first-order valence-corrected chi connectivity index (χ1v) is 10.0. The van der Waals surface area contributed by atoms with E-state index in [4.69, 9.17) is 11.6 Å². The number of aromatic amines is 1. The van der Waals surface area contributed by atoms with Crippen LogP contribution in [0.2, 0.25) is 5.02 Å². The first kappa shape index (κ1) is 20.8. The number of H-pyrrole nitrogens is 1. The molecule has 10 nitrogen and oxygen atoms in total. The van der Waals surface area contributed by atoms with E-state index in [0.717, 1.165) is 4.68 Å². The minimum atomic E-state index is -0.780. The summed E-state index contributed by atoms with van der Waals surface area (Å²) in [5, 5.41) is 17.2. The molecule has 1 aromatic carbocycles. The van der Waals surface area contributed by atoms with Gasteiger partial charge in [-0.1, -0.05) is 17.7 Å². The summed E-state index contributed by atoms with van der Waals surface area (Å²) in [6.07, 6.45) is 1.54. The molecular weight excluding hydrogens is 422 g/mol. The molecule has 0 bridgehead atoms. The molecule has 1 atom stereocenters. The molecule has 1 aliphatic rings. The summed E-state index contributed by atoms with van der Waals surface area (Å²) in [6.45, 7) is 2.51. The van der Waals surface area contributed by atoms with Crippen molar-refractivity contribution in [1.29, 1.82) is 0 Å². The number of ketones is 1. The molecule has 4 rings (SSSR count). The van der Waals surface area contributed by atoms with Crippen molar-refractivity contribution in [1.82, 2.24) is 30.2 Å². The van der Waals surface area contributed by atoms with Crippen LogP contribution in [-0.2, 0) is 0 Å². The highest BCUT2D eigenvalue weighted by atomic mass is 35.5. The van der Waals surface area contributed by atoms with Crippen LogP contribution in [0.25, 0.3) is 11.4 Å². The standard InChI is InChI=1S/C20H20ClN7O3/c1-12(29)28-17(15-5-6-23-25-15)10-16(26-28)19(30)18-11-22-7-8-27(18)20(31)24-14-4-2-3-13(21)9-14/h2-6,9-10,18,22H,7-8,11H2,1H3,(H,23,25)(H,24,31). The maximum Gasteiger partial charge on any atom is 0.322 e. The molecule has 0 aliphatic carbocycles. The maximum atomic E-state index is 13.3. The fourth-order valence-electron chi connectivity index (χ4n) is 3.45. The van der Waals surface area contributed by atoms with Gasteiger partial charge < -0.3 is 15.5 Å². The highest BCUT2D eigenvalue weighted by Crippen LogP contribution is 2.21. The number of halogens is 1. The van der Waals surface area contributed by atoms with E-state index in [1.54, 1.807) is 36.5 Å². The number of Topliss-reactive ketones (excluding diaryl/α,β-unsaturated/α-hetero) is 1. The van der Waals surface area contributed by atoms with E-state index < -0.39 is 12.1 Å². The van der Waals surface area contributed by atoms with Gasteiger partial charge in [0.05, 0.1) is 11.4 Å². The van der Waals surface area contributed by atoms with Crippen LogP contribution in [0.5, 0.6) is 0 Å². The first-order valence-electron chi connectivity index (χ1n) is 9.63. The number of hydrogen-bond acceptors (Lipinski definition) is 6. The van der Waals surface area contributed by atoms with Crippen molar-refractivity contribution in [2.75, 3.05) is 25.0 Å². The third kappa shape index (κ3) is 4.35. The van der Waals surface area contributed by atoms with Gasteiger partial charge in [-0.15, -0.1) is 0 Å². The molecule has 1 aliphatic heterocycles. The van der Waals surface area contributed by atoms with Gasteiger partial charge in [-0.3, -0.25) is 14.7 Å². The number of aromatic nitrogens is 4. The van der Waals surface area contributed by atoms with Crippen molar-refractivity contribution >= 4 is 35.0 Å². The van der Waals surface area contributed by atoms with Gasteiger partial charge in [0.25, 0.3) is 0 Å². The van der Waals surface area contributed by atoms with E-state index in [9.17, 15) is 14.4 Å². The van der Waals surface area contributed by atoms with Crippen LogP contribution in [0.15, 0.2) is 42.6 Å². The minimum Gasteiger partial charge on any atom is -0.312 e. The highest BCUT2D eigenvalue weighted by molar-refractivity contribution is 6.30. The molecule has 2 amide bonds. The Labute approximate surface area is 182 Å². The van der Waals surface area contributed by atoms with E-state index in [-0.39, 0.29) is 23.9 Å². The number of amides is 2. The largest absolute Gasteiger partial charge is 0.322 e. The van der Waals surface area contributed by atoms with Crippen LogP contribution in [0.3, 0.4) is 0 Å². The Morgan fingerprint density at radius 2 is 2.06 bits per heavy atom. The summed E-state index contributed by atoms with van der Waals surface area (Å²) in [6, 6.07) is 8.79. The zero-order chi connectivity index (χ0) is 22.0. The molecule has 31 heavy (non-hydrogen) atoms. The number of rotatable bonds is 4. The Balaban J connectivity index is 1.59. The third-order valence-corrected chi connectivity index (χ3v) is 5.15. The lowest BCUT2D eigenvalue weighted by Crippen LogP contribution is -2.58. The van der Waals surface area contributed by atoms with Gasteiger partial charge in [0.15, 0.2) is 0 Å². The van der Waals surface area contributed by atoms with E-state index >= 15 is 0 Å². The fraction of sp³-hybridized carbons (Fsp3) is 0.250. The number of benzene rings is 1. The Morgan fingerprint density at radius 1 is 1.23 bits per heavy atom. The van der Waals surface area contributed by atoms with E-state index in [2.05, 4.69) is 25.9 Å². The SMILES string of the molecule is CC(=O)n1nc(C(=O)C2CNCCN2C(=O)Nc2cccc(Cl)c2)cc1-c1ccn[nH]1. The predicted octanol–water partition coefficient (Wildman–Crippen LogP) is 2.28. The van der Waals surface area contributed by atoms with Gasteiger partial charge >= 0.3 is 6.03 Å². The molecular formula is C20H20ClN7O3. The lowest BCUT2D eigenvalue weighted by molar-refractivity contribution is 0.0822. The van der Waals surface area contributed by atoms with Crippen molar-refractivity contribution in [2.24, 2.45) is 0 Å². The molecule has 0 radical (unpaired) electrons. The van der Waals surface area contributed by atoms with Gasteiger partial charge in [0, 0.05) is 43.5 Å². The van der Waals surface area contributed by atoms with Crippen molar-refractivity contribution in [3.63, 3.8) is 0 Å². The molecule has 3 heterocycles. The van der Waals surface area contributed by atoms with Gasteiger partial charge in [-0.2, -0.15) is 14.9 Å². The van der Waals surface area contributed by atoms with Crippen molar-refractivity contribution in [3.8, 4) is 11.4 Å². The Bertz CT molecular complexity index is 1130. The number of carbonyl (C=O) groups excluding carboxylic acids is 3. The molecule has 1 unspecified atom stereocenters. The Hall–Kier alpha value is -3.50. The number of carbonyl (C=O) groups is 3. The van der Waals surface area contributed by atoms with Crippen LogP contribution in [0.1, 0.15) is 22.2 Å². The lowest BCUT2D eigenvalue weighted by atomic mass is 10.1. The minimum absolute atomic E-state index is 0.0917. The zero-order valence-electron chi connectivity index (χ0n) is 16.6. The Morgan fingerprint density at radius 3 is 2.77 bits per heavy atom. The van der Waals surface area contributed by atoms with E-state index in [1.165, 1.54) is 17.9 Å². The molecule has 0 spiro atoms. The summed E-state index contributed by atoms with van der Waals surface area (Å²) in [4.78, 5) is 39.7. The normalized spacial score (nSPS) is 16.2. The van der Waals surface area contributed by atoms with Crippen molar-refractivity contribution < 1.29 is 14.4 Å². The number of piperazine rings is 1. The van der Waals surface area contributed by atoms with E-state index in [0.29, 0.717) is 35.2 Å². The summed E-state index contributed by atoms with van der Waals surface area (Å²) in [5.41, 5.74) is 1.60. The maximum absolute atomic E-state index is 13.3. The average molecular weight is 442 g/mol. The van der Waals surface area contributed by atoms with Crippen LogP contribution in [-0.4, -0.2) is 68.3 Å². The zero-order valence-corrected chi connectivity index (χ0v) is 17.4. The lowest BCUT2D eigenvalue weighted by Gasteiger charge is -2.34. The molecule has 0 saturated carbocycles. The fourth-order valence-corrected chi connectivity index (χ4v) is 3.64. The first-order chi connectivity index (χ1) is 14.9. The second kappa shape index (κ2) is 8.70. The quantitative estimate of drug-likeness (QED) is 0.533. The van der Waals surface area contributed by atoms with Gasteiger partial charge in [0.2, 0.25) is 11.7 Å². The predicted molar refractivity (Wildman–Crippen MR) is 114 cm³/mol. The molecule has 3 N–H and O–H groups in total. The van der Waals surface area contributed by atoms with Crippen LogP contribution < -0.4 is 10.6 Å². The number of anilines is 1. The Kier molecular flexibility index (Phi) is 5.83. The number of urea groups is 1. The highest BCUT2D eigenvalue weighted by Gasteiger charge is 2.34. The molecule has 1 saturated heterocycles. The molecule has 160 valence electrons.